The summed E-state index contributed by atoms with van der Waals surface area (Å²) in [6.45, 7) is 0. The van der Waals surface area contributed by atoms with Crippen LogP contribution in [0.25, 0.3) is 22.3 Å². The minimum Gasteiger partial charge on any atom is -0.298 e. The van der Waals surface area contributed by atoms with Crippen LogP contribution in [-0.4, -0.2) is 18.9 Å². The van der Waals surface area contributed by atoms with Gasteiger partial charge >= 0.3 is 0 Å². The fraction of sp³-hybridized carbons (Fsp3) is 0. The van der Waals surface area contributed by atoms with Gasteiger partial charge in [0.1, 0.15) is 18.9 Å². The highest BCUT2D eigenvalue weighted by molar-refractivity contribution is 5.86. The van der Waals surface area contributed by atoms with Crippen LogP contribution >= 0.6 is 0 Å². The van der Waals surface area contributed by atoms with Gasteiger partial charge in [-0.2, -0.15) is 0 Å². The molecule has 0 aliphatic heterocycles. The maximum Gasteiger partial charge on any atom is 0.150 e. The van der Waals surface area contributed by atoms with Gasteiger partial charge in [-0.05, 0) is 40.5 Å². The summed E-state index contributed by atoms with van der Waals surface area (Å²) in [6, 6.07) is 20.3. The Morgan fingerprint density at radius 3 is 1.21 bits per heavy atom. The molecule has 0 aromatic heterocycles. The van der Waals surface area contributed by atoms with Crippen molar-refractivity contribution in [2.75, 3.05) is 0 Å². The predicted octanol–water partition coefficient (Wildman–Crippen LogP) is 4.46. The van der Waals surface area contributed by atoms with Crippen LogP contribution in [-0.2, 0) is 0 Å². The molecule has 0 saturated heterocycles. The van der Waals surface area contributed by atoms with E-state index in [4.69, 9.17) is 0 Å². The second kappa shape index (κ2) is 6.84. The normalized spacial score (nSPS) is 10.2. The van der Waals surface area contributed by atoms with E-state index in [1.165, 1.54) is 0 Å². The summed E-state index contributed by atoms with van der Waals surface area (Å²) in [5.74, 6) is 0. The zero-order valence-corrected chi connectivity index (χ0v) is 12.8. The van der Waals surface area contributed by atoms with E-state index in [1.54, 1.807) is 30.3 Å². The average Bonchev–Trinajstić information content (AvgIpc) is 2.67. The lowest BCUT2D eigenvalue weighted by Crippen LogP contribution is -1.89. The van der Waals surface area contributed by atoms with Gasteiger partial charge in [-0.3, -0.25) is 14.4 Å². The van der Waals surface area contributed by atoms with E-state index in [-0.39, 0.29) is 0 Å². The summed E-state index contributed by atoms with van der Waals surface area (Å²) in [5.41, 5.74) is 5.38. The summed E-state index contributed by atoms with van der Waals surface area (Å²) in [7, 11) is 0. The molecule has 116 valence electrons. The Morgan fingerprint density at radius 1 is 0.417 bits per heavy atom. The summed E-state index contributed by atoms with van der Waals surface area (Å²) in [4.78, 5) is 32.7. The van der Waals surface area contributed by atoms with Gasteiger partial charge in [0.05, 0.1) is 0 Å². The lowest BCUT2D eigenvalue weighted by molar-refractivity contribution is 0.111. The van der Waals surface area contributed by atoms with E-state index in [0.717, 1.165) is 41.1 Å². The molecule has 3 heteroatoms. The molecule has 24 heavy (non-hydrogen) atoms. The monoisotopic (exact) mass is 314 g/mol. The quantitative estimate of drug-likeness (QED) is 0.653. The third kappa shape index (κ3) is 3.20. The van der Waals surface area contributed by atoms with Crippen molar-refractivity contribution in [2.24, 2.45) is 0 Å². The molecule has 3 aromatic rings. The van der Waals surface area contributed by atoms with E-state index in [0.29, 0.717) is 16.7 Å². The predicted molar refractivity (Wildman–Crippen MR) is 93.5 cm³/mol. The van der Waals surface area contributed by atoms with Crippen LogP contribution in [0.1, 0.15) is 31.1 Å². The summed E-state index contributed by atoms with van der Waals surface area (Å²) >= 11 is 0. The standard InChI is InChI=1S/C21H14O3/c22-12-15-1-3-18(4-2-15)19-5-7-20(8-6-19)21-10-16(13-23)9-17(11-21)14-24/h1-14H. The molecule has 0 heterocycles. The second-order valence-electron chi connectivity index (χ2n) is 5.44. The van der Waals surface area contributed by atoms with Crippen molar-refractivity contribution in [1.82, 2.24) is 0 Å². The van der Waals surface area contributed by atoms with Crippen LogP contribution in [0.15, 0.2) is 66.7 Å². The first-order chi connectivity index (χ1) is 11.7. The van der Waals surface area contributed by atoms with Gasteiger partial charge in [0.25, 0.3) is 0 Å². The number of rotatable bonds is 5. The first kappa shape index (κ1) is 15.6. The smallest absolute Gasteiger partial charge is 0.150 e. The van der Waals surface area contributed by atoms with Gasteiger partial charge < -0.3 is 0 Å². The molecule has 0 aliphatic rings. The minimum absolute atomic E-state index is 0.475. The molecular weight excluding hydrogens is 300 g/mol. The van der Waals surface area contributed by atoms with Crippen LogP contribution in [0, 0.1) is 0 Å². The lowest BCUT2D eigenvalue weighted by Gasteiger charge is -2.07. The Balaban J connectivity index is 1.95. The van der Waals surface area contributed by atoms with Crippen molar-refractivity contribution in [3.8, 4) is 22.3 Å². The van der Waals surface area contributed by atoms with Crippen LogP contribution in [0.3, 0.4) is 0 Å². The Labute approximate surface area is 139 Å². The first-order valence-electron chi connectivity index (χ1n) is 7.45. The largest absolute Gasteiger partial charge is 0.298 e. The second-order valence-corrected chi connectivity index (χ2v) is 5.44. The number of carbonyl (C=O) groups is 3. The molecule has 0 atom stereocenters. The van der Waals surface area contributed by atoms with Gasteiger partial charge in [0.2, 0.25) is 0 Å². The zero-order chi connectivity index (χ0) is 16.9. The third-order valence-electron chi connectivity index (χ3n) is 3.85. The number of aldehydes is 3. The van der Waals surface area contributed by atoms with E-state index in [9.17, 15) is 14.4 Å². The molecule has 0 radical (unpaired) electrons. The summed E-state index contributed by atoms with van der Waals surface area (Å²) < 4.78 is 0. The third-order valence-corrected chi connectivity index (χ3v) is 3.85. The summed E-state index contributed by atoms with van der Waals surface area (Å²) in [5, 5.41) is 0. The molecule has 0 bridgehead atoms. The molecule has 0 fully saturated rings. The SMILES string of the molecule is O=Cc1ccc(-c2ccc(-c3cc(C=O)cc(C=O)c3)cc2)cc1. The van der Waals surface area contributed by atoms with Crippen LogP contribution in [0.2, 0.25) is 0 Å². The molecule has 3 rings (SSSR count). The number of hydrogen-bond donors (Lipinski definition) is 0. The fourth-order valence-electron chi connectivity index (χ4n) is 2.59. The van der Waals surface area contributed by atoms with E-state index in [1.807, 2.05) is 36.4 Å². The van der Waals surface area contributed by atoms with Gasteiger partial charge in [-0.25, -0.2) is 0 Å². The van der Waals surface area contributed by atoms with E-state index >= 15 is 0 Å². The lowest BCUT2D eigenvalue weighted by atomic mass is 9.97. The fourth-order valence-corrected chi connectivity index (χ4v) is 2.59. The van der Waals surface area contributed by atoms with Gasteiger partial charge in [-0.15, -0.1) is 0 Å². The zero-order valence-electron chi connectivity index (χ0n) is 12.8. The molecule has 0 spiro atoms. The first-order valence-corrected chi connectivity index (χ1v) is 7.45. The van der Waals surface area contributed by atoms with Crippen molar-refractivity contribution >= 4 is 18.9 Å². The van der Waals surface area contributed by atoms with Gasteiger partial charge in [0, 0.05) is 16.7 Å². The molecule has 0 unspecified atom stereocenters. The number of benzene rings is 3. The van der Waals surface area contributed by atoms with Crippen molar-refractivity contribution in [3.05, 3.63) is 83.4 Å². The molecule has 0 N–H and O–H groups in total. The summed E-state index contributed by atoms with van der Waals surface area (Å²) in [6.07, 6.45) is 2.29. The van der Waals surface area contributed by atoms with E-state index < -0.39 is 0 Å². The van der Waals surface area contributed by atoms with Crippen molar-refractivity contribution in [3.63, 3.8) is 0 Å². The van der Waals surface area contributed by atoms with Crippen molar-refractivity contribution in [1.29, 1.82) is 0 Å². The average molecular weight is 314 g/mol. The van der Waals surface area contributed by atoms with Crippen molar-refractivity contribution in [2.45, 2.75) is 0 Å². The van der Waals surface area contributed by atoms with Gasteiger partial charge in [-0.1, -0.05) is 48.5 Å². The van der Waals surface area contributed by atoms with Gasteiger partial charge in [0.15, 0.2) is 0 Å². The topological polar surface area (TPSA) is 51.2 Å². The van der Waals surface area contributed by atoms with Crippen LogP contribution < -0.4 is 0 Å². The van der Waals surface area contributed by atoms with Crippen LogP contribution in [0.4, 0.5) is 0 Å². The number of carbonyl (C=O) groups excluding carboxylic acids is 3. The molecular formula is C21H14O3. The Bertz CT molecular complexity index is 865. The Hall–Kier alpha value is -3.33. The molecule has 3 nitrogen and oxygen atoms in total. The van der Waals surface area contributed by atoms with Crippen molar-refractivity contribution < 1.29 is 14.4 Å². The Morgan fingerprint density at radius 2 is 0.792 bits per heavy atom. The molecule has 0 amide bonds. The van der Waals surface area contributed by atoms with Crippen LogP contribution in [0.5, 0.6) is 0 Å². The molecule has 0 aliphatic carbocycles. The maximum atomic E-state index is 11.0. The molecule has 3 aromatic carbocycles. The highest BCUT2D eigenvalue weighted by Gasteiger charge is 2.04. The minimum atomic E-state index is 0.475. The maximum absolute atomic E-state index is 11.0. The highest BCUT2D eigenvalue weighted by atomic mass is 16.1. The highest BCUT2D eigenvalue weighted by Crippen LogP contribution is 2.26. The molecule has 0 saturated carbocycles. The number of hydrogen-bond acceptors (Lipinski definition) is 3. The van der Waals surface area contributed by atoms with E-state index in [2.05, 4.69) is 0 Å². The Kier molecular flexibility index (Phi) is 4.43.